The molecule has 0 aromatic heterocycles. The van der Waals surface area contributed by atoms with Crippen LogP contribution in [0.25, 0.3) is 0 Å². The average Bonchev–Trinajstić information content (AvgIpc) is 3.16. The molecular formula is C27H42O3. The Labute approximate surface area is 183 Å². The summed E-state index contributed by atoms with van der Waals surface area (Å²) in [5.41, 5.74) is 1.29. The van der Waals surface area contributed by atoms with E-state index in [0.29, 0.717) is 23.9 Å². The summed E-state index contributed by atoms with van der Waals surface area (Å²) < 4.78 is 13.6. The molecular weight excluding hydrogens is 372 g/mol. The Bertz CT molecular complexity index is 680. The highest BCUT2D eigenvalue weighted by atomic mass is 16.7. The molecule has 168 valence electrons. The molecule has 3 nitrogen and oxygen atoms in total. The summed E-state index contributed by atoms with van der Waals surface area (Å²) in [4.78, 5) is 13.3. The number of carbonyl (C=O) groups excluding carboxylic acids is 1. The first-order valence-corrected chi connectivity index (χ1v) is 13.1. The summed E-state index contributed by atoms with van der Waals surface area (Å²) in [6.07, 6.45) is 20.7. The third-order valence-electron chi connectivity index (χ3n) is 10.0. The monoisotopic (exact) mass is 414 g/mol. The number of fused-ring (bicyclic) bond motifs is 5. The maximum absolute atomic E-state index is 13.3. The van der Waals surface area contributed by atoms with Gasteiger partial charge in [0.15, 0.2) is 5.79 Å². The number of allylic oxidation sites excluding steroid dienone is 1. The molecule has 4 unspecified atom stereocenters. The molecule has 5 aliphatic carbocycles. The fraction of sp³-hybridized carbons (Fsp3) is 0.889. The number of hydrogen-bond donors (Lipinski definition) is 0. The summed E-state index contributed by atoms with van der Waals surface area (Å²) in [5, 5.41) is 0. The molecule has 5 aliphatic rings. The van der Waals surface area contributed by atoms with Crippen LogP contribution in [0.4, 0.5) is 0 Å². The predicted octanol–water partition coefficient (Wildman–Crippen LogP) is 6.60. The normalized spacial score (nSPS) is 46.5. The van der Waals surface area contributed by atoms with Gasteiger partial charge in [0.1, 0.15) is 11.7 Å². The van der Waals surface area contributed by atoms with E-state index in [1.54, 1.807) is 0 Å². The minimum absolute atomic E-state index is 0.252. The van der Waals surface area contributed by atoms with Gasteiger partial charge in [-0.05, 0) is 87.9 Å². The van der Waals surface area contributed by atoms with Crippen molar-refractivity contribution in [3.8, 4) is 0 Å². The molecule has 6 atom stereocenters. The lowest BCUT2D eigenvalue weighted by atomic mass is 9.46. The van der Waals surface area contributed by atoms with Gasteiger partial charge in [-0.3, -0.25) is 0 Å². The van der Waals surface area contributed by atoms with Crippen molar-refractivity contribution in [2.45, 2.75) is 116 Å². The second-order valence-corrected chi connectivity index (χ2v) is 11.3. The van der Waals surface area contributed by atoms with Crippen molar-refractivity contribution in [1.29, 1.82) is 0 Å². The first-order chi connectivity index (χ1) is 14.6. The molecule has 4 fully saturated rings. The molecule has 0 spiro atoms. The Balaban J connectivity index is 1.56. The molecule has 0 N–H and O–H groups in total. The summed E-state index contributed by atoms with van der Waals surface area (Å²) >= 11 is 0. The topological polar surface area (TPSA) is 35.5 Å². The van der Waals surface area contributed by atoms with Gasteiger partial charge < -0.3 is 14.3 Å². The van der Waals surface area contributed by atoms with Crippen LogP contribution < -0.4 is 0 Å². The van der Waals surface area contributed by atoms with Gasteiger partial charge in [0.2, 0.25) is 0 Å². The largest absolute Gasteiger partial charge is 0.349 e. The molecule has 0 aliphatic heterocycles. The lowest BCUT2D eigenvalue weighted by molar-refractivity contribution is -0.324. The second-order valence-electron chi connectivity index (χ2n) is 11.3. The molecule has 0 saturated heterocycles. The lowest BCUT2D eigenvalue weighted by Gasteiger charge is -2.62. The standard InChI is InChI=1S/C27H42O3/c1-3-29-27(30-21-10-5-4-6-11-21)17-7-9-20-13-14-22-23-12-8-16-25(23,2)18-15-24(22)26(20,27)19-28/h9,19,21-24H,3-8,10-18H2,1-2H3/t22?,23?,24?,25-,26-,27?/m0/s1. The maximum Gasteiger partial charge on any atom is 0.185 e. The molecule has 0 amide bonds. The van der Waals surface area contributed by atoms with Gasteiger partial charge in [-0.2, -0.15) is 0 Å². The van der Waals surface area contributed by atoms with Gasteiger partial charge in [0.05, 0.1) is 6.10 Å². The van der Waals surface area contributed by atoms with E-state index in [2.05, 4.69) is 19.9 Å². The Morgan fingerprint density at radius 2 is 1.83 bits per heavy atom. The Kier molecular flexibility index (Phi) is 5.67. The fourth-order valence-corrected chi connectivity index (χ4v) is 8.78. The van der Waals surface area contributed by atoms with Crippen LogP contribution in [0.5, 0.6) is 0 Å². The average molecular weight is 415 g/mol. The first-order valence-electron chi connectivity index (χ1n) is 13.1. The van der Waals surface area contributed by atoms with Crippen LogP contribution in [0, 0.1) is 28.6 Å². The van der Waals surface area contributed by atoms with Crippen molar-refractivity contribution in [3.05, 3.63) is 11.6 Å². The highest BCUT2D eigenvalue weighted by Crippen LogP contribution is 2.67. The molecule has 0 heterocycles. The lowest BCUT2D eigenvalue weighted by Crippen LogP contribution is -2.65. The van der Waals surface area contributed by atoms with Crippen LogP contribution in [0.1, 0.15) is 104 Å². The Morgan fingerprint density at radius 1 is 1.00 bits per heavy atom. The molecule has 0 aromatic rings. The Morgan fingerprint density at radius 3 is 2.60 bits per heavy atom. The zero-order valence-corrected chi connectivity index (χ0v) is 19.3. The van der Waals surface area contributed by atoms with E-state index in [1.165, 1.54) is 63.2 Å². The van der Waals surface area contributed by atoms with E-state index in [-0.39, 0.29) is 6.10 Å². The van der Waals surface area contributed by atoms with Crippen LogP contribution in [-0.2, 0) is 14.3 Å². The highest BCUT2D eigenvalue weighted by Gasteiger charge is 2.67. The second kappa shape index (κ2) is 8.03. The van der Waals surface area contributed by atoms with E-state index in [9.17, 15) is 4.79 Å². The van der Waals surface area contributed by atoms with Gasteiger partial charge in [-0.1, -0.05) is 44.3 Å². The Hall–Kier alpha value is -0.670. The van der Waals surface area contributed by atoms with Crippen molar-refractivity contribution in [3.63, 3.8) is 0 Å². The summed E-state index contributed by atoms with van der Waals surface area (Å²) in [6, 6.07) is 0. The van der Waals surface area contributed by atoms with Gasteiger partial charge in [-0.15, -0.1) is 0 Å². The smallest absolute Gasteiger partial charge is 0.185 e. The third-order valence-corrected chi connectivity index (χ3v) is 10.0. The molecule has 0 bridgehead atoms. The van der Waals surface area contributed by atoms with Gasteiger partial charge in [0.25, 0.3) is 0 Å². The maximum atomic E-state index is 13.3. The SMILES string of the molecule is CCOC1(OC2CCCCC2)CCC=C2CCC3C4CCC[C@@]4(C)CCC3[C@]21C=O. The predicted molar refractivity (Wildman–Crippen MR) is 119 cm³/mol. The van der Waals surface area contributed by atoms with Crippen molar-refractivity contribution < 1.29 is 14.3 Å². The quantitative estimate of drug-likeness (QED) is 0.289. The van der Waals surface area contributed by atoms with Crippen molar-refractivity contribution in [2.24, 2.45) is 28.6 Å². The van der Waals surface area contributed by atoms with E-state index >= 15 is 0 Å². The molecule has 0 radical (unpaired) electrons. The van der Waals surface area contributed by atoms with E-state index in [4.69, 9.17) is 9.47 Å². The van der Waals surface area contributed by atoms with E-state index < -0.39 is 11.2 Å². The van der Waals surface area contributed by atoms with Crippen LogP contribution in [0.2, 0.25) is 0 Å². The number of ether oxygens (including phenoxy) is 2. The summed E-state index contributed by atoms with van der Waals surface area (Å²) in [5.74, 6) is 1.08. The van der Waals surface area contributed by atoms with Gasteiger partial charge >= 0.3 is 0 Å². The molecule has 5 rings (SSSR count). The van der Waals surface area contributed by atoms with Crippen LogP contribution in [-0.4, -0.2) is 24.8 Å². The van der Waals surface area contributed by atoms with Crippen molar-refractivity contribution >= 4 is 6.29 Å². The zero-order valence-electron chi connectivity index (χ0n) is 19.3. The molecule has 4 saturated carbocycles. The van der Waals surface area contributed by atoms with Crippen LogP contribution in [0.15, 0.2) is 11.6 Å². The minimum atomic E-state index is -0.745. The fourth-order valence-electron chi connectivity index (χ4n) is 8.78. The number of aldehydes is 1. The minimum Gasteiger partial charge on any atom is -0.349 e. The van der Waals surface area contributed by atoms with Crippen LogP contribution >= 0.6 is 0 Å². The van der Waals surface area contributed by atoms with Crippen molar-refractivity contribution in [1.82, 2.24) is 0 Å². The number of rotatable bonds is 5. The van der Waals surface area contributed by atoms with Gasteiger partial charge in [0, 0.05) is 13.0 Å². The van der Waals surface area contributed by atoms with E-state index in [1.807, 2.05) is 0 Å². The van der Waals surface area contributed by atoms with E-state index in [0.717, 1.165) is 44.4 Å². The van der Waals surface area contributed by atoms with Gasteiger partial charge in [-0.25, -0.2) is 0 Å². The third kappa shape index (κ3) is 3.01. The van der Waals surface area contributed by atoms with Crippen molar-refractivity contribution in [2.75, 3.05) is 6.61 Å². The first kappa shape index (κ1) is 21.2. The zero-order chi connectivity index (χ0) is 20.8. The molecule has 3 heteroatoms. The summed E-state index contributed by atoms with van der Waals surface area (Å²) in [6.45, 7) is 5.24. The molecule has 30 heavy (non-hydrogen) atoms. The summed E-state index contributed by atoms with van der Waals surface area (Å²) in [7, 11) is 0. The number of carbonyl (C=O) groups is 1. The van der Waals surface area contributed by atoms with Crippen LogP contribution in [0.3, 0.4) is 0 Å². The molecule has 0 aromatic carbocycles. The number of hydrogen-bond acceptors (Lipinski definition) is 3. The highest BCUT2D eigenvalue weighted by molar-refractivity contribution is 5.69.